The Kier molecular flexibility index (Phi) is 4.07. The number of anilines is 1. The first-order valence-corrected chi connectivity index (χ1v) is 9.42. The van der Waals surface area contributed by atoms with Crippen molar-refractivity contribution >= 4 is 46.0 Å². The van der Waals surface area contributed by atoms with E-state index in [1.807, 2.05) is 30.0 Å². The van der Waals surface area contributed by atoms with E-state index in [1.165, 1.54) is 11.5 Å². The van der Waals surface area contributed by atoms with Crippen LogP contribution in [0, 0.1) is 11.8 Å². The van der Waals surface area contributed by atoms with Crippen LogP contribution in [0.25, 0.3) is 10.9 Å². The Morgan fingerprint density at radius 1 is 1.22 bits per heavy atom. The average molecular weight is 348 g/mol. The average Bonchev–Trinajstić information content (AvgIpc) is 3.11. The fourth-order valence-corrected chi connectivity index (χ4v) is 5.47. The summed E-state index contributed by atoms with van der Waals surface area (Å²) in [5.41, 5.74) is 1.45. The molecule has 1 aliphatic carbocycles. The molecule has 4 rings (SSSR count). The lowest BCUT2D eigenvalue weighted by atomic mass is 10.0. The zero-order valence-corrected chi connectivity index (χ0v) is 14.2. The van der Waals surface area contributed by atoms with Gasteiger partial charge in [-0.05, 0) is 60.4 Å². The maximum Gasteiger partial charge on any atom is 0.319 e. The van der Waals surface area contributed by atoms with E-state index in [1.54, 1.807) is 12.3 Å². The molecule has 1 saturated carbocycles. The Balaban J connectivity index is 1.46. The second kappa shape index (κ2) is 6.21. The standard InChI is InChI=1S/C17H18ClN3OS/c18-14-3-4-15(13-2-1-5-19-16(13)14)21-17(22)20-12-6-10-8-23-9-11(10)7-12/h1-5,10-12H,6-9H2,(H2,20,21,22). The summed E-state index contributed by atoms with van der Waals surface area (Å²) in [7, 11) is 0. The number of urea groups is 1. The van der Waals surface area contributed by atoms with Crippen molar-refractivity contribution in [1.29, 1.82) is 0 Å². The number of hydrogen-bond acceptors (Lipinski definition) is 3. The predicted octanol–water partition coefficient (Wildman–Crippen LogP) is 4.15. The minimum Gasteiger partial charge on any atom is -0.335 e. The van der Waals surface area contributed by atoms with E-state index in [9.17, 15) is 4.79 Å². The first-order valence-electron chi connectivity index (χ1n) is 7.89. The Hall–Kier alpha value is -1.46. The largest absolute Gasteiger partial charge is 0.335 e. The van der Waals surface area contributed by atoms with Gasteiger partial charge in [0, 0.05) is 17.6 Å². The molecule has 23 heavy (non-hydrogen) atoms. The summed E-state index contributed by atoms with van der Waals surface area (Å²) >= 11 is 8.21. The molecule has 2 fully saturated rings. The lowest BCUT2D eigenvalue weighted by Crippen LogP contribution is -2.36. The maximum atomic E-state index is 12.3. The highest BCUT2D eigenvalue weighted by molar-refractivity contribution is 7.99. The number of nitrogens with zero attached hydrogens (tertiary/aromatic N) is 1. The molecule has 2 N–H and O–H groups in total. The number of fused-ring (bicyclic) bond motifs is 2. The lowest BCUT2D eigenvalue weighted by Gasteiger charge is -2.15. The first-order chi connectivity index (χ1) is 11.2. The highest BCUT2D eigenvalue weighted by atomic mass is 35.5. The molecule has 2 aliphatic rings. The topological polar surface area (TPSA) is 54.0 Å². The molecule has 1 saturated heterocycles. The van der Waals surface area contributed by atoms with Crippen molar-refractivity contribution in [3.63, 3.8) is 0 Å². The van der Waals surface area contributed by atoms with Crippen molar-refractivity contribution in [3.05, 3.63) is 35.5 Å². The van der Waals surface area contributed by atoms with Crippen LogP contribution in [0.3, 0.4) is 0 Å². The van der Waals surface area contributed by atoms with E-state index in [0.29, 0.717) is 16.6 Å². The summed E-state index contributed by atoms with van der Waals surface area (Å²) in [6.45, 7) is 0. The lowest BCUT2D eigenvalue weighted by molar-refractivity contribution is 0.248. The molecule has 1 aromatic carbocycles. The SMILES string of the molecule is O=C(Nc1ccc(Cl)c2ncccc12)NC1CC2CSCC2C1. The molecular formula is C17H18ClN3OS. The van der Waals surface area contributed by atoms with Gasteiger partial charge in [-0.25, -0.2) is 4.79 Å². The monoisotopic (exact) mass is 347 g/mol. The zero-order chi connectivity index (χ0) is 15.8. The van der Waals surface area contributed by atoms with Crippen LogP contribution in [0.4, 0.5) is 10.5 Å². The van der Waals surface area contributed by atoms with E-state index >= 15 is 0 Å². The van der Waals surface area contributed by atoms with Gasteiger partial charge in [-0.1, -0.05) is 11.6 Å². The Morgan fingerprint density at radius 2 is 2.00 bits per heavy atom. The normalized spacial score (nSPS) is 26.2. The van der Waals surface area contributed by atoms with Crippen LogP contribution in [0.1, 0.15) is 12.8 Å². The molecule has 0 spiro atoms. The number of benzene rings is 1. The van der Waals surface area contributed by atoms with E-state index in [-0.39, 0.29) is 6.03 Å². The van der Waals surface area contributed by atoms with Crippen molar-refractivity contribution in [3.8, 4) is 0 Å². The van der Waals surface area contributed by atoms with E-state index in [0.717, 1.165) is 35.8 Å². The Bertz CT molecular complexity index is 742. The molecule has 120 valence electrons. The summed E-state index contributed by atoms with van der Waals surface area (Å²) in [5, 5.41) is 7.52. The van der Waals surface area contributed by atoms with Gasteiger partial charge in [0.15, 0.2) is 0 Å². The number of pyridine rings is 1. The quantitative estimate of drug-likeness (QED) is 0.858. The smallest absolute Gasteiger partial charge is 0.319 e. The third-order valence-electron chi connectivity index (χ3n) is 4.81. The molecule has 2 unspecified atom stereocenters. The highest BCUT2D eigenvalue weighted by Gasteiger charge is 2.38. The third kappa shape index (κ3) is 3.00. The number of hydrogen-bond donors (Lipinski definition) is 2. The van der Waals surface area contributed by atoms with Crippen molar-refractivity contribution < 1.29 is 4.79 Å². The predicted molar refractivity (Wildman–Crippen MR) is 96.2 cm³/mol. The molecule has 0 bridgehead atoms. The van der Waals surface area contributed by atoms with Gasteiger partial charge in [-0.3, -0.25) is 4.98 Å². The van der Waals surface area contributed by atoms with Gasteiger partial charge < -0.3 is 10.6 Å². The molecule has 4 nitrogen and oxygen atoms in total. The minimum absolute atomic E-state index is 0.143. The van der Waals surface area contributed by atoms with E-state index in [4.69, 9.17) is 11.6 Å². The third-order valence-corrected chi connectivity index (χ3v) is 6.44. The number of thioether (sulfide) groups is 1. The van der Waals surface area contributed by atoms with Crippen molar-refractivity contribution in [2.24, 2.45) is 11.8 Å². The summed E-state index contributed by atoms with van der Waals surface area (Å²) in [5.74, 6) is 4.06. The molecule has 2 aromatic rings. The fraction of sp³-hybridized carbons (Fsp3) is 0.412. The minimum atomic E-state index is -0.143. The molecule has 0 radical (unpaired) electrons. The van der Waals surface area contributed by atoms with Gasteiger partial charge in [0.05, 0.1) is 16.2 Å². The van der Waals surface area contributed by atoms with Gasteiger partial charge in [0.2, 0.25) is 0 Å². The Labute approximate surface area is 144 Å². The van der Waals surface area contributed by atoms with Crippen LogP contribution in [0.2, 0.25) is 5.02 Å². The number of nitrogens with one attached hydrogen (secondary N) is 2. The van der Waals surface area contributed by atoms with Gasteiger partial charge in [0.25, 0.3) is 0 Å². The molecular weight excluding hydrogens is 330 g/mol. The van der Waals surface area contributed by atoms with Crippen molar-refractivity contribution in [1.82, 2.24) is 10.3 Å². The van der Waals surface area contributed by atoms with Crippen LogP contribution >= 0.6 is 23.4 Å². The van der Waals surface area contributed by atoms with Gasteiger partial charge in [0.1, 0.15) is 0 Å². The second-order valence-electron chi connectivity index (χ2n) is 6.32. The summed E-state index contributed by atoms with van der Waals surface area (Å²) in [6, 6.07) is 7.51. The Morgan fingerprint density at radius 3 is 2.78 bits per heavy atom. The van der Waals surface area contributed by atoms with Crippen LogP contribution in [-0.4, -0.2) is 28.6 Å². The molecule has 1 aliphatic heterocycles. The van der Waals surface area contributed by atoms with Gasteiger partial charge >= 0.3 is 6.03 Å². The zero-order valence-electron chi connectivity index (χ0n) is 12.6. The maximum absolute atomic E-state index is 12.3. The van der Waals surface area contributed by atoms with Gasteiger partial charge in [-0.2, -0.15) is 11.8 Å². The number of rotatable bonds is 2. The van der Waals surface area contributed by atoms with Crippen molar-refractivity contribution in [2.45, 2.75) is 18.9 Å². The van der Waals surface area contributed by atoms with E-state index in [2.05, 4.69) is 15.6 Å². The van der Waals surface area contributed by atoms with Gasteiger partial charge in [-0.15, -0.1) is 0 Å². The van der Waals surface area contributed by atoms with Crippen LogP contribution in [0.15, 0.2) is 30.5 Å². The number of halogens is 1. The van der Waals surface area contributed by atoms with Crippen molar-refractivity contribution in [2.75, 3.05) is 16.8 Å². The number of aromatic nitrogens is 1. The molecule has 6 heteroatoms. The van der Waals surface area contributed by atoms with Crippen LogP contribution in [0.5, 0.6) is 0 Å². The fourth-order valence-electron chi connectivity index (χ4n) is 3.70. The van der Waals surface area contributed by atoms with Crippen LogP contribution < -0.4 is 10.6 Å². The number of carbonyl (C=O) groups is 1. The van der Waals surface area contributed by atoms with E-state index < -0.39 is 0 Å². The molecule has 2 atom stereocenters. The first kappa shape index (κ1) is 15.1. The highest BCUT2D eigenvalue weighted by Crippen LogP contribution is 2.42. The summed E-state index contributed by atoms with van der Waals surface area (Å²) in [6.07, 6.45) is 3.91. The summed E-state index contributed by atoms with van der Waals surface area (Å²) in [4.78, 5) is 16.6. The molecule has 2 heterocycles. The number of carbonyl (C=O) groups excluding carboxylic acids is 1. The van der Waals surface area contributed by atoms with Crippen LogP contribution in [-0.2, 0) is 0 Å². The molecule has 1 aromatic heterocycles. The second-order valence-corrected chi connectivity index (χ2v) is 7.80. The molecule has 2 amide bonds. The number of amides is 2. The summed E-state index contributed by atoms with van der Waals surface area (Å²) < 4.78 is 0.